The lowest BCUT2D eigenvalue weighted by molar-refractivity contribution is -0.139. The van der Waals surface area contributed by atoms with Gasteiger partial charge in [-0.05, 0) is 46.0 Å². The average Bonchev–Trinajstić information content (AvgIpc) is 2.92. The molecule has 1 N–H and O–H groups in total. The molecule has 38 heavy (non-hydrogen) atoms. The van der Waals surface area contributed by atoms with Crippen LogP contribution in [-0.4, -0.2) is 18.2 Å². The number of methoxy groups -OCH3 is 1. The molecule has 4 aromatic carbocycles. The summed E-state index contributed by atoms with van der Waals surface area (Å²) in [5, 5.41) is 8.94. The van der Waals surface area contributed by atoms with Gasteiger partial charge in [-0.1, -0.05) is 78.9 Å². The molecule has 0 aliphatic heterocycles. The van der Waals surface area contributed by atoms with Gasteiger partial charge in [-0.2, -0.15) is 26.3 Å². The van der Waals surface area contributed by atoms with Crippen molar-refractivity contribution in [1.29, 1.82) is 0 Å². The first-order valence-electron chi connectivity index (χ1n) is 11.2. The zero-order chi connectivity index (χ0) is 27.9. The predicted molar refractivity (Wildman–Crippen MR) is 131 cm³/mol. The number of esters is 1. The van der Waals surface area contributed by atoms with Crippen molar-refractivity contribution in [3.63, 3.8) is 0 Å². The summed E-state index contributed by atoms with van der Waals surface area (Å²) >= 11 is 0. The molecule has 0 radical (unpaired) electrons. The van der Waals surface area contributed by atoms with Crippen LogP contribution in [0.15, 0.2) is 97.1 Å². The van der Waals surface area contributed by atoms with Gasteiger partial charge in [-0.15, -0.1) is 0 Å². The van der Waals surface area contributed by atoms with Gasteiger partial charge < -0.3 is 9.84 Å². The van der Waals surface area contributed by atoms with Gasteiger partial charge in [0.1, 0.15) is 0 Å². The highest BCUT2D eigenvalue weighted by atomic mass is 19.4. The van der Waals surface area contributed by atoms with Crippen LogP contribution in [0.25, 0.3) is 22.3 Å². The monoisotopic (exact) mass is 532 g/mol. The number of carbonyl (C=O) groups excluding carboxylic acids is 1. The van der Waals surface area contributed by atoms with Gasteiger partial charge in [0.2, 0.25) is 0 Å². The SMILES string of the molecule is COC(=O)c1ccc(-c2ccccc2)cc1C(F)(F)F.OCc1ccc(-c2ccccc2)cc1C(F)(F)F. The molecule has 0 unspecified atom stereocenters. The second-order valence-corrected chi connectivity index (χ2v) is 8.01. The molecule has 0 heterocycles. The Labute approximate surface area is 214 Å². The normalized spacial score (nSPS) is 11.4. The third kappa shape index (κ3) is 7.01. The molecule has 0 fully saturated rings. The minimum atomic E-state index is -4.62. The molecule has 0 saturated heterocycles. The largest absolute Gasteiger partial charge is 0.465 e. The Balaban J connectivity index is 0.000000212. The number of hydrogen-bond donors (Lipinski definition) is 1. The predicted octanol–water partition coefficient (Wildman–Crippen LogP) is 8.02. The number of halogens is 6. The van der Waals surface area contributed by atoms with E-state index in [2.05, 4.69) is 4.74 Å². The number of hydrogen-bond acceptors (Lipinski definition) is 3. The van der Waals surface area contributed by atoms with Crippen molar-refractivity contribution in [1.82, 2.24) is 0 Å². The molecule has 0 amide bonds. The van der Waals surface area contributed by atoms with Crippen LogP contribution in [0.2, 0.25) is 0 Å². The van der Waals surface area contributed by atoms with Crippen LogP contribution in [0.3, 0.4) is 0 Å². The summed E-state index contributed by atoms with van der Waals surface area (Å²) in [5.74, 6) is -1.00. The maximum absolute atomic E-state index is 13.0. The number of rotatable bonds is 4. The first kappa shape index (κ1) is 28.5. The van der Waals surface area contributed by atoms with E-state index in [0.29, 0.717) is 22.3 Å². The van der Waals surface area contributed by atoms with E-state index in [0.717, 1.165) is 25.3 Å². The molecule has 0 aliphatic carbocycles. The second-order valence-electron chi connectivity index (χ2n) is 8.01. The zero-order valence-corrected chi connectivity index (χ0v) is 20.0. The summed E-state index contributed by atoms with van der Waals surface area (Å²) in [6.45, 7) is -0.621. The van der Waals surface area contributed by atoms with Crippen molar-refractivity contribution < 1.29 is 41.0 Å². The number of alkyl halides is 6. The number of benzene rings is 4. The van der Waals surface area contributed by atoms with Gasteiger partial charge in [-0.3, -0.25) is 0 Å². The summed E-state index contributed by atoms with van der Waals surface area (Å²) in [4.78, 5) is 11.4. The Kier molecular flexibility index (Phi) is 8.96. The van der Waals surface area contributed by atoms with Gasteiger partial charge in [0.25, 0.3) is 0 Å². The van der Waals surface area contributed by atoms with Crippen LogP contribution < -0.4 is 0 Å². The molecule has 0 saturated carbocycles. The molecule has 4 rings (SSSR count). The Morgan fingerprint density at radius 1 is 0.658 bits per heavy atom. The number of ether oxygens (including phenoxy) is 1. The lowest BCUT2D eigenvalue weighted by atomic mass is 9.99. The fraction of sp³-hybridized carbons (Fsp3) is 0.138. The van der Waals surface area contributed by atoms with Crippen molar-refractivity contribution in [2.24, 2.45) is 0 Å². The minimum absolute atomic E-state index is 0.109. The van der Waals surface area contributed by atoms with Crippen LogP contribution in [0.1, 0.15) is 27.0 Å². The van der Waals surface area contributed by atoms with E-state index in [-0.39, 0.29) is 5.56 Å². The molecule has 0 aliphatic rings. The van der Waals surface area contributed by atoms with E-state index in [9.17, 15) is 31.1 Å². The van der Waals surface area contributed by atoms with Gasteiger partial charge >= 0.3 is 18.3 Å². The zero-order valence-electron chi connectivity index (χ0n) is 20.0. The molecule has 0 bridgehead atoms. The summed E-state index contributed by atoms with van der Waals surface area (Å²) in [7, 11) is 1.05. The van der Waals surface area contributed by atoms with Crippen LogP contribution >= 0.6 is 0 Å². The molecule has 3 nitrogen and oxygen atoms in total. The third-order valence-corrected chi connectivity index (χ3v) is 5.53. The fourth-order valence-corrected chi connectivity index (χ4v) is 3.67. The molecule has 4 aromatic rings. The summed E-state index contributed by atoms with van der Waals surface area (Å²) in [6, 6.07) is 25.0. The highest BCUT2D eigenvalue weighted by Gasteiger charge is 2.36. The van der Waals surface area contributed by atoms with Crippen molar-refractivity contribution in [3.8, 4) is 22.3 Å². The summed E-state index contributed by atoms with van der Waals surface area (Å²) in [6.07, 6.45) is -9.07. The molecule has 0 aromatic heterocycles. The van der Waals surface area contributed by atoms with E-state index in [1.54, 1.807) is 66.7 Å². The molecule has 9 heteroatoms. The first-order valence-corrected chi connectivity index (χ1v) is 11.2. The van der Waals surface area contributed by atoms with E-state index in [1.807, 2.05) is 0 Å². The Hall–Kier alpha value is -4.11. The van der Waals surface area contributed by atoms with E-state index in [1.165, 1.54) is 12.1 Å². The lowest BCUT2D eigenvalue weighted by Crippen LogP contribution is -2.14. The molecule has 0 atom stereocenters. The van der Waals surface area contributed by atoms with Gasteiger partial charge in [-0.25, -0.2) is 4.79 Å². The standard InChI is InChI=1S/C15H11F3O2.C14H11F3O/c1-20-14(19)12-8-7-11(9-13(12)15(16,17)18)10-5-3-2-4-6-10;15-14(16,17)13-8-11(6-7-12(13)9-18)10-4-2-1-3-5-10/h2-9H,1H3;1-8,18H,9H2. The van der Waals surface area contributed by atoms with Crippen molar-refractivity contribution in [2.45, 2.75) is 19.0 Å². The highest BCUT2D eigenvalue weighted by molar-refractivity contribution is 5.92. The minimum Gasteiger partial charge on any atom is -0.465 e. The molecular formula is C29H22F6O3. The lowest BCUT2D eigenvalue weighted by Gasteiger charge is -2.13. The van der Waals surface area contributed by atoms with Crippen molar-refractivity contribution >= 4 is 5.97 Å². The third-order valence-electron chi connectivity index (χ3n) is 5.53. The van der Waals surface area contributed by atoms with Gasteiger partial charge in [0, 0.05) is 0 Å². The maximum atomic E-state index is 13.0. The van der Waals surface area contributed by atoms with E-state index in [4.69, 9.17) is 5.11 Å². The van der Waals surface area contributed by atoms with Gasteiger partial charge in [0.05, 0.1) is 30.4 Å². The van der Waals surface area contributed by atoms with Crippen LogP contribution in [0.5, 0.6) is 0 Å². The Morgan fingerprint density at radius 2 is 1.11 bits per heavy atom. The summed E-state index contributed by atoms with van der Waals surface area (Å²) < 4.78 is 81.9. The topological polar surface area (TPSA) is 46.5 Å². The van der Waals surface area contributed by atoms with Crippen molar-refractivity contribution in [2.75, 3.05) is 7.11 Å². The van der Waals surface area contributed by atoms with E-state index >= 15 is 0 Å². The smallest absolute Gasteiger partial charge is 0.417 e. The number of aliphatic hydroxyl groups is 1. The quantitative estimate of drug-likeness (QED) is 0.214. The molecular weight excluding hydrogens is 510 g/mol. The molecule has 198 valence electrons. The van der Waals surface area contributed by atoms with Gasteiger partial charge in [0.15, 0.2) is 0 Å². The Bertz CT molecular complexity index is 1360. The highest BCUT2D eigenvalue weighted by Crippen LogP contribution is 2.36. The second kappa shape index (κ2) is 12.0. The van der Waals surface area contributed by atoms with Crippen LogP contribution in [0.4, 0.5) is 26.3 Å². The average molecular weight is 532 g/mol. The maximum Gasteiger partial charge on any atom is 0.417 e. The number of aliphatic hydroxyl groups excluding tert-OH is 1. The Morgan fingerprint density at radius 3 is 1.53 bits per heavy atom. The summed E-state index contributed by atoms with van der Waals surface area (Å²) in [5.41, 5.74) is -0.133. The molecule has 0 spiro atoms. The van der Waals surface area contributed by atoms with Crippen LogP contribution in [-0.2, 0) is 23.7 Å². The van der Waals surface area contributed by atoms with E-state index < -0.39 is 41.6 Å². The first-order chi connectivity index (χ1) is 18.0. The van der Waals surface area contributed by atoms with Crippen molar-refractivity contribution in [3.05, 3.63) is 119 Å². The fourth-order valence-electron chi connectivity index (χ4n) is 3.67. The number of carbonyl (C=O) groups is 1. The van der Waals surface area contributed by atoms with Crippen LogP contribution in [0, 0.1) is 0 Å².